The summed E-state index contributed by atoms with van der Waals surface area (Å²) < 4.78 is 7.79. The number of nitrogens with one attached hydrogen (secondary N) is 1. The predicted octanol–water partition coefficient (Wildman–Crippen LogP) is 1.12. The molecule has 0 spiro atoms. The Morgan fingerprint density at radius 3 is 2.58 bits per heavy atom. The van der Waals surface area contributed by atoms with E-state index in [9.17, 15) is 14.4 Å². The van der Waals surface area contributed by atoms with Gasteiger partial charge in [-0.1, -0.05) is 39.5 Å². The molecule has 3 aromatic rings. The zero-order valence-electron chi connectivity index (χ0n) is 18.9. The Morgan fingerprint density at radius 1 is 1.24 bits per heavy atom. The molecular formula is C20H28N8O4S. The number of anilines is 2. The topological polar surface area (TPSA) is 171 Å². The molecule has 178 valence electrons. The number of aromatic amines is 1. The van der Waals surface area contributed by atoms with Crippen molar-refractivity contribution in [2.75, 3.05) is 28.8 Å². The Hall–Kier alpha value is -3.48. The zero-order valence-corrected chi connectivity index (χ0v) is 19.8. The summed E-state index contributed by atoms with van der Waals surface area (Å²) in [5.41, 5.74) is 4.86. The van der Waals surface area contributed by atoms with Gasteiger partial charge in [0, 0.05) is 13.1 Å². The number of aromatic nitrogens is 5. The standard InChI is InChI=1S/C20H28N8O4S/c1-11(2)8-26(15-16(21)27(9-12(3)4)19(31)23-18(15)30)14(29)10-33-20-25-24-17(28(20)22)13-6-5-7-32-13/h5-7,11-12H,8-10,21-22H2,1-4H3,(H,23,30,31). The third-order valence-corrected chi connectivity index (χ3v) is 5.54. The molecule has 12 nitrogen and oxygen atoms in total. The zero-order chi connectivity index (χ0) is 24.3. The number of carbonyl (C=O) groups excluding carboxylic acids is 1. The van der Waals surface area contributed by atoms with Gasteiger partial charge >= 0.3 is 5.69 Å². The minimum absolute atomic E-state index is 0.0342. The summed E-state index contributed by atoms with van der Waals surface area (Å²) in [6, 6.07) is 3.39. The monoisotopic (exact) mass is 476 g/mol. The van der Waals surface area contributed by atoms with E-state index in [1.807, 2.05) is 27.7 Å². The first-order chi connectivity index (χ1) is 15.6. The summed E-state index contributed by atoms with van der Waals surface area (Å²) in [4.78, 5) is 41.8. The van der Waals surface area contributed by atoms with Crippen LogP contribution < -0.4 is 27.7 Å². The van der Waals surface area contributed by atoms with Crippen molar-refractivity contribution in [3.05, 3.63) is 39.2 Å². The molecule has 0 aliphatic carbocycles. The highest BCUT2D eigenvalue weighted by Gasteiger charge is 2.26. The fraction of sp³-hybridized carbons (Fsp3) is 0.450. The van der Waals surface area contributed by atoms with Crippen LogP contribution in [-0.4, -0.2) is 42.6 Å². The van der Waals surface area contributed by atoms with Crippen LogP contribution in [0.2, 0.25) is 0 Å². The fourth-order valence-corrected chi connectivity index (χ4v) is 3.95. The Bertz CT molecular complexity index is 1230. The molecule has 33 heavy (non-hydrogen) atoms. The summed E-state index contributed by atoms with van der Waals surface area (Å²) in [6.07, 6.45) is 1.49. The van der Waals surface area contributed by atoms with E-state index in [-0.39, 0.29) is 41.5 Å². The second-order valence-corrected chi connectivity index (χ2v) is 9.28. The van der Waals surface area contributed by atoms with E-state index < -0.39 is 11.2 Å². The number of rotatable bonds is 9. The summed E-state index contributed by atoms with van der Waals surface area (Å²) in [5.74, 6) is 6.44. The Kier molecular flexibility index (Phi) is 7.31. The largest absolute Gasteiger partial charge is 0.461 e. The molecule has 0 fully saturated rings. The van der Waals surface area contributed by atoms with Gasteiger partial charge in [0.1, 0.15) is 5.82 Å². The summed E-state index contributed by atoms with van der Waals surface area (Å²) >= 11 is 1.06. The van der Waals surface area contributed by atoms with E-state index in [1.165, 1.54) is 20.4 Å². The van der Waals surface area contributed by atoms with Crippen LogP contribution in [0.25, 0.3) is 11.6 Å². The molecule has 1 amide bonds. The molecule has 3 aromatic heterocycles. The number of nitrogens with zero attached hydrogens (tertiary/aromatic N) is 5. The van der Waals surface area contributed by atoms with E-state index in [0.717, 1.165) is 11.8 Å². The SMILES string of the molecule is CC(C)CN(C(=O)CSc1nnc(-c2ccco2)n1N)c1c(N)n(CC(C)C)c(=O)[nH]c1=O. The van der Waals surface area contributed by atoms with Crippen molar-refractivity contribution in [2.24, 2.45) is 11.8 Å². The normalized spacial score (nSPS) is 11.5. The number of furan rings is 1. The van der Waals surface area contributed by atoms with Crippen molar-refractivity contribution < 1.29 is 9.21 Å². The maximum absolute atomic E-state index is 13.2. The van der Waals surface area contributed by atoms with Crippen LogP contribution >= 0.6 is 11.8 Å². The maximum Gasteiger partial charge on any atom is 0.330 e. The number of hydrogen-bond acceptors (Lipinski definition) is 9. The van der Waals surface area contributed by atoms with Crippen molar-refractivity contribution in [3.63, 3.8) is 0 Å². The average Bonchev–Trinajstić information content (AvgIpc) is 3.37. The molecule has 0 atom stereocenters. The van der Waals surface area contributed by atoms with E-state index in [4.69, 9.17) is 16.0 Å². The molecule has 0 radical (unpaired) electrons. The van der Waals surface area contributed by atoms with Crippen molar-refractivity contribution in [1.82, 2.24) is 24.4 Å². The Morgan fingerprint density at radius 2 is 1.97 bits per heavy atom. The van der Waals surface area contributed by atoms with Crippen LogP contribution in [0.5, 0.6) is 0 Å². The molecule has 3 heterocycles. The highest BCUT2D eigenvalue weighted by Crippen LogP contribution is 2.24. The molecule has 0 aliphatic heterocycles. The minimum Gasteiger partial charge on any atom is -0.461 e. The quantitative estimate of drug-likeness (QED) is 0.302. The van der Waals surface area contributed by atoms with Gasteiger partial charge in [-0.2, -0.15) is 0 Å². The highest BCUT2D eigenvalue weighted by atomic mass is 32.2. The van der Waals surface area contributed by atoms with Gasteiger partial charge in [-0.15, -0.1) is 10.2 Å². The van der Waals surface area contributed by atoms with Gasteiger partial charge in [0.15, 0.2) is 11.4 Å². The van der Waals surface area contributed by atoms with Crippen LogP contribution in [0.15, 0.2) is 37.6 Å². The van der Waals surface area contributed by atoms with Gasteiger partial charge in [0.05, 0.1) is 12.0 Å². The molecule has 3 rings (SSSR count). The maximum atomic E-state index is 13.2. The van der Waals surface area contributed by atoms with Gasteiger partial charge in [-0.05, 0) is 24.0 Å². The minimum atomic E-state index is -0.710. The number of nitrogen functional groups attached to an aromatic ring is 2. The second-order valence-electron chi connectivity index (χ2n) is 8.34. The second kappa shape index (κ2) is 9.98. The number of thioether (sulfide) groups is 1. The van der Waals surface area contributed by atoms with Crippen LogP contribution in [0, 0.1) is 11.8 Å². The fourth-order valence-electron chi connectivity index (χ4n) is 3.22. The van der Waals surface area contributed by atoms with Crippen LogP contribution in [0.3, 0.4) is 0 Å². The number of amides is 1. The van der Waals surface area contributed by atoms with Gasteiger partial charge in [-0.3, -0.25) is 19.1 Å². The number of hydrogen-bond donors (Lipinski definition) is 3. The number of H-pyrrole nitrogens is 1. The molecule has 0 aliphatic rings. The molecule has 0 aromatic carbocycles. The van der Waals surface area contributed by atoms with E-state index in [2.05, 4.69) is 15.2 Å². The Labute approximate surface area is 193 Å². The first-order valence-electron chi connectivity index (χ1n) is 10.4. The lowest BCUT2D eigenvalue weighted by atomic mass is 10.2. The first kappa shape index (κ1) is 24.2. The first-order valence-corrected chi connectivity index (χ1v) is 11.4. The summed E-state index contributed by atoms with van der Waals surface area (Å²) in [6.45, 7) is 8.20. The smallest absolute Gasteiger partial charge is 0.330 e. The average molecular weight is 477 g/mol. The third-order valence-electron chi connectivity index (χ3n) is 4.61. The van der Waals surface area contributed by atoms with Crippen molar-refractivity contribution in [3.8, 4) is 11.6 Å². The van der Waals surface area contributed by atoms with Crippen molar-refractivity contribution >= 4 is 29.2 Å². The summed E-state index contributed by atoms with van der Waals surface area (Å²) in [7, 11) is 0. The van der Waals surface area contributed by atoms with Gasteiger partial charge in [-0.25, -0.2) is 9.47 Å². The third kappa shape index (κ3) is 5.30. The number of carbonyl (C=O) groups is 1. The highest BCUT2D eigenvalue weighted by molar-refractivity contribution is 7.99. The molecule has 0 saturated heterocycles. The molecule has 5 N–H and O–H groups in total. The van der Waals surface area contributed by atoms with E-state index >= 15 is 0 Å². The van der Waals surface area contributed by atoms with Crippen LogP contribution in [0.4, 0.5) is 11.5 Å². The Balaban J connectivity index is 1.89. The molecule has 0 saturated carbocycles. The lowest BCUT2D eigenvalue weighted by molar-refractivity contribution is -0.116. The number of nitrogens with two attached hydrogens (primary N) is 2. The van der Waals surface area contributed by atoms with Gasteiger partial charge < -0.3 is 20.9 Å². The van der Waals surface area contributed by atoms with Crippen LogP contribution in [0.1, 0.15) is 27.7 Å². The van der Waals surface area contributed by atoms with Crippen molar-refractivity contribution in [1.29, 1.82) is 0 Å². The predicted molar refractivity (Wildman–Crippen MR) is 126 cm³/mol. The lowest BCUT2D eigenvalue weighted by Crippen LogP contribution is -2.43. The molecule has 0 unspecified atom stereocenters. The lowest BCUT2D eigenvalue weighted by Gasteiger charge is -2.26. The summed E-state index contributed by atoms with van der Waals surface area (Å²) in [5, 5.41) is 8.31. The molecule has 13 heteroatoms. The van der Waals surface area contributed by atoms with E-state index in [1.54, 1.807) is 12.1 Å². The van der Waals surface area contributed by atoms with Crippen molar-refractivity contribution in [2.45, 2.75) is 39.4 Å². The molecule has 0 bridgehead atoms. The molecular weight excluding hydrogens is 448 g/mol. The van der Waals surface area contributed by atoms with Crippen LogP contribution in [-0.2, 0) is 11.3 Å². The van der Waals surface area contributed by atoms with E-state index in [0.29, 0.717) is 23.3 Å². The van der Waals surface area contributed by atoms with Gasteiger partial charge in [0.25, 0.3) is 5.56 Å². The van der Waals surface area contributed by atoms with Gasteiger partial charge in [0.2, 0.25) is 16.9 Å².